The van der Waals surface area contributed by atoms with E-state index in [2.05, 4.69) is 11.8 Å². The summed E-state index contributed by atoms with van der Waals surface area (Å²) in [6, 6.07) is 1.14. The number of guanidine groups is 1. The van der Waals surface area contributed by atoms with Crippen molar-refractivity contribution in [1.82, 2.24) is 4.90 Å². The van der Waals surface area contributed by atoms with Crippen LogP contribution in [-0.4, -0.2) is 29.5 Å². The van der Waals surface area contributed by atoms with Crippen LogP contribution in [0.3, 0.4) is 0 Å². The Balaban J connectivity index is 1.95. The predicted molar refractivity (Wildman–Crippen MR) is 73.1 cm³/mol. The molecule has 3 nitrogen and oxygen atoms in total. The van der Waals surface area contributed by atoms with Gasteiger partial charge in [-0.05, 0) is 38.5 Å². The molecular formula is C14H27N3. The summed E-state index contributed by atoms with van der Waals surface area (Å²) in [4.78, 5) is 7.14. The monoisotopic (exact) mass is 237 g/mol. The van der Waals surface area contributed by atoms with E-state index in [9.17, 15) is 0 Å². The lowest BCUT2D eigenvalue weighted by atomic mass is 9.96. The number of piperidine rings is 1. The molecule has 2 fully saturated rings. The first-order valence-electron chi connectivity index (χ1n) is 7.41. The summed E-state index contributed by atoms with van der Waals surface area (Å²) in [6.45, 7) is 3.37. The van der Waals surface area contributed by atoms with Gasteiger partial charge in [-0.15, -0.1) is 0 Å². The highest BCUT2D eigenvalue weighted by atomic mass is 15.3. The summed E-state index contributed by atoms with van der Waals surface area (Å²) in [5.41, 5.74) is 6.22. The fourth-order valence-electron chi connectivity index (χ4n) is 3.20. The normalized spacial score (nSPS) is 28.4. The zero-order valence-electron chi connectivity index (χ0n) is 11.2. The molecule has 0 radical (unpaired) electrons. The van der Waals surface area contributed by atoms with Gasteiger partial charge in [0.05, 0.1) is 6.04 Å². The minimum atomic E-state index is 0.503. The second-order valence-electron chi connectivity index (χ2n) is 5.53. The van der Waals surface area contributed by atoms with Gasteiger partial charge in [0, 0.05) is 12.6 Å². The van der Waals surface area contributed by atoms with Gasteiger partial charge >= 0.3 is 0 Å². The molecule has 98 valence electrons. The molecule has 17 heavy (non-hydrogen) atoms. The summed E-state index contributed by atoms with van der Waals surface area (Å²) in [5.74, 6) is 0.823. The van der Waals surface area contributed by atoms with Crippen LogP contribution in [0.15, 0.2) is 4.99 Å². The van der Waals surface area contributed by atoms with E-state index in [1.807, 2.05) is 0 Å². The molecule has 1 aliphatic carbocycles. The summed E-state index contributed by atoms with van der Waals surface area (Å²) in [6.07, 6.45) is 11.6. The molecule has 1 aliphatic heterocycles. The second-order valence-corrected chi connectivity index (χ2v) is 5.53. The SMILES string of the molecule is CCC1CCCCN1C(N)=NC1CCCCC1. The van der Waals surface area contributed by atoms with Crippen molar-refractivity contribution in [3.63, 3.8) is 0 Å². The van der Waals surface area contributed by atoms with E-state index in [-0.39, 0.29) is 0 Å². The van der Waals surface area contributed by atoms with E-state index in [1.54, 1.807) is 0 Å². The number of aliphatic imine (C=N–C) groups is 1. The highest BCUT2D eigenvalue weighted by Gasteiger charge is 2.23. The molecule has 2 rings (SSSR count). The average molecular weight is 237 g/mol. The van der Waals surface area contributed by atoms with Crippen LogP contribution in [-0.2, 0) is 0 Å². The maximum absolute atomic E-state index is 6.22. The molecular weight excluding hydrogens is 210 g/mol. The second kappa shape index (κ2) is 6.27. The van der Waals surface area contributed by atoms with Crippen LogP contribution in [0.5, 0.6) is 0 Å². The van der Waals surface area contributed by atoms with Gasteiger partial charge in [0.2, 0.25) is 0 Å². The highest BCUT2D eigenvalue weighted by molar-refractivity contribution is 5.78. The van der Waals surface area contributed by atoms with Gasteiger partial charge in [0.1, 0.15) is 0 Å². The minimum absolute atomic E-state index is 0.503. The van der Waals surface area contributed by atoms with Crippen molar-refractivity contribution < 1.29 is 0 Å². The van der Waals surface area contributed by atoms with Crippen molar-refractivity contribution in [3.05, 3.63) is 0 Å². The number of hydrogen-bond donors (Lipinski definition) is 1. The molecule has 0 bridgehead atoms. The lowest BCUT2D eigenvalue weighted by Crippen LogP contribution is -2.47. The molecule has 3 heteroatoms. The highest BCUT2D eigenvalue weighted by Crippen LogP contribution is 2.22. The molecule has 0 aromatic heterocycles. The van der Waals surface area contributed by atoms with Gasteiger partial charge in [-0.3, -0.25) is 0 Å². The van der Waals surface area contributed by atoms with Crippen molar-refractivity contribution in [2.24, 2.45) is 10.7 Å². The first-order valence-corrected chi connectivity index (χ1v) is 7.41. The first-order chi connectivity index (χ1) is 8.31. The summed E-state index contributed by atoms with van der Waals surface area (Å²) < 4.78 is 0. The molecule has 1 saturated carbocycles. The van der Waals surface area contributed by atoms with Crippen LogP contribution < -0.4 is 5.73 Å². The van der Waals surface area contributed by atoms with Gasteiger partial charge in [0.25, 0.3) is 0 Å². The smallest absolute Gasteiger partial charge is 0.191 e. The van der Waals surface area contributed by atoms with Crippen molar-refractivity contribution in [2.75, 3.05) is 6.54 Å². The number of rotatable bonds is 2. The molecule has 1 heterocycles. The van der Waals surface area contributed by atoms with Crippen LogP contribution in [0.25, 0.3) is 0 Å². The molecule has 2 aliphatic rings. The van der Waals surface area contributed by atoms with E-state index in [1.165, 1.54) is 57.8 Å². The third kappa shape index (κ3) is 3.36. The Morgan fingerprint density at radius 3 is 2.53 bits per heavy atom. The largest absolute Gasteiger partial charge is 0.370 e. The minimum Gasteiger partial charge on any atom is -0.370 e. The Morgan fingerprint density at radius 1 is 1.12 bits per heavy atom. The van der Waals surface area contributed by atoms with Gasteiger partial charge in [-0.1, -0.05) is 26.2 Å². The lowest BCUT2D eigenvalue weighted by molar-refractivity contribution is 0.231. The standard InChI is InChI=1S/C14H27N3/c1-2-13-10-6-7-11-17(13)14(15)16-12-8-4-3-5-9-12/h12-13H,2-11H2,1H3,(H2,15,16). The first kappa shape index (κ1) is 12.7. The molecule has 0 aromatic carbocycles. The third-order valence-corrected chi connectivity index (χ3v) is 4.28. The van der Waals surface area contributed by atoms with Crippen molar-refractivity contribution in [2.45, 2.75) is 76.8 Å². The fourth-order valence-corrected chi connectivity index (χ4v) is 3.20. The summed E-state index contributed by atoms with van der Waals surface area (Å²) in [5, 5.41) is 0. The van der Waals surface area contributed by atoms with Crippen LogP contribution >= 0.6 is 0 Å². The molecule has 0 spiro atoms. The Hall–Kier alpha value is -0.730. The van der Waals surface area contributed by atoms with Crippen LogP contribution in [0.1, 0.15) is 64.7 Å². The molecule has 0 aromatic rings. The Morgan fingerprint density at radius 2 is 1.82 bits per heavy atom. The zero-order valence-corrected chi connectivity index (χ0v) is 11.2. The van der Waals surface area contributed by atoms with Gasteiger partial charge in [0.15, 0.2) is 5.96 Å². The maximum Gasteiger partial charge on any atom is 0.191 e. The van der Waals surface area contributed by atoms with Crippen LogP contribution in [0.2, 0.25) is 0 Å². The summed E-state index contributed by atoms with van der Waals surface area (Å²) in [7, 11) is 0. The van der Waals surface area contributed by atoms with Gasteiger partial charge < -0.3 is 10.6 Å². The fraction of sp³-hybridized carbons (Fsp3) is 0.929. The maximum atomic E-state index is 6.22. The molecule has 1 atom stereocenters. The van der Waals surface area contributed by atoms with E-state index >= 15 is 0 Å². The molecule has 1 saturated heterocycles. The van der Waals surface area contributed by atoms with E-state index in [0.717, 1.165) is 12.5 Å². The topological polar surface area (TPSA) is 41.6 Å². The lowest BCUT2D eigenvalue weighted by Gasteiger charge is -2.36. The summed E-state index contributed by atoms with van der Waals surface area (Å²) >= 11 is 0. The molecule has 0 amide bonds. The van der Waals surface area contributed by atoms with E-state index < -0.39 is 0 Å². The van der Waals surface area contributed by atoms with Crippen molar-refractivity contribution in [3.8, 4) is 0 Å². The van der Waals surface area contributed by atoms with Crippen molar-refractivity contribution in [1.29, 1.82) is 0 Å². The van der Waals surface area contributed by atoms with Gasteiger partial charge in [-0.25, -0.2) is 4.99 Å². The zero-order chi connectivity index (χ0) is 12.1. The van der Waals surface area contributed by atoms with Crippen LogP contribution in [0, 0.1) is 0 Å². The van der Waals surface area contributed by atoms with Gasteiger partial charge in [-0.2, -0.15) is 0 Å². The quantitative estimate of drug-likeness (QED) is 0.592. The third-order valence-electron chi connectivity index (χ3n) is 4.28. The Bertz CT molecular complexity index is 256. The van der Waals surface area contributed by atoms with Crippen LogP contribution in [0.4, 0.5) is 0 Å². The molecule has 2 N–H and O–H groups in total. The van der Waals surface area contributed by atoms with Crippen molar-refractivity contribution >= 4 is 5.96 Å². The van der Waals surface area contributed by atoms with E-state index in [0.29, 0.717) is 12.1 Å². The number of hydrogen-bond acceptors (Lipinski definition) is 1. The number of nitrogens with two attached hydrogens (primary N) is 1. The number of likely N-dealkylation sites (tertiary alicyclic amines) is 1. The number of nitrogens with zero attached hydrogens (tertiary/aromatic N) is 2. The molecule has 1 unspecified atom stereocenters. The average Bonchev–Trinajstić information content (AvgIpc) is 2.40. The Kier molecular flexibility index (Phi) is 4.69. The predicted octanol–water partition coefficient (Wildman–Crippen LogP) is 2.90. The Labute approximate surface area is 105 Å². The van der Waals surface area contributed by atoms with E-state index in [4.69, 9.17) is 10.7 Å².